The first-order chi connectivity index (χ1) is 12.6. The molecule has 0 bridgehead atoms. The summed E-state index contributed by atoms with van der Waals surface area (Å²) < 4.78 is 12.1. The van der Waals surface area contributed by atoms with Crippen LogP contribution in [0.25, 0.3) is 0 Å². The number of amides is 1. The number of para-hydroxylation sites is 1. The van der Waals surface area contributed by atoms with Gasteiger partial charge in [0.2, 0.25) is 0 Å². The van der Waals surface area contributed by atoms with Gasteiger partial charge in [0, 0.05) is 12.6 Å². The third-order valence-electron chi connectivity index (χ3n) is 4.29. The highest BCUT2D eigenvalue weighted by Gasteiger charge is 2.20. The number of rotatable bonds is 6. The van der Waals surface area contributed by atoms with Gasteiger partial charge in [0.25, 0.3) is 5.91 Å². The number of hydrogen-bond donors (Lipinski definition) is 0. The second kappa shape index (κ2) is 8.23. The molecule has 3 aromatic rings. The third kappa shape index (κ3) is 4.17. The summed E-state index contributed by atoms with van der Waals surface area (Å²) in [6.07, 6.45) is 1.62. The van der Waals surface area contributed by atoms with Gasteiger partial charge in [-0.3, -0.25) is 4.79 Å². The molecule has 0 aliphatic heterocycles. The Bertz CT molecular complexity index is 859. The third-order valence-corrected chi connectivity index (χ3v) is 4.94. The van der Waals surface area contributed by atoms with E-state index in [4.69, 9.17) is 9.15 Å². The lowest BCUT2D eigenvalue weighted by molar-refractivity contribution is 0.0726. The number of hydrogen-bond acceptors (Lipinski definition) is 3. The minimum atomic E-state index is -0.129. The summed E-state index contributed by atoms with van der Waals surface area (Å²) in [4.78, 5) is 14.3. The molecular weight excluding hydrogens is 394 g/mol. The topological polar surface area (TPSA) is 42.7 Å². The van der Waals surface area contributed by atoms with Gasteiger partial charge in [-0.25, -0.2) is 0 Å². The lowest BCUT2D eigenvalue weighted by Gasteiger charge is -2.23. The molecule has 1 atom stereocenters. The van der Waals surface area contributed by atoms with E-state index in [1.807, 2.05) is 67.6 Å². The van der Waals surface area contributed by atoms with Crippen molar-refractivity contribution in [2.45, 2.75) is 19.6 Å². The SMILES string of the molecule is CC(c1ccco1)N(C)C(=O)c1ccc(COc2ccccc2Br)cc1. The number of nitrogens with zero attached hydrogens (tertiary/aromatic N) is 1. The van der Waals surface area contributed by atoms with Gasteiger partial charge in [-0.2, -0.15) is 0 Å². The molecule has 26 heavy (non-hydrogen) atoms. The van der Waals surface area contributed by atoms with E-state index >= 15 is 0 Å². The molecule has 1 aromatic heterocycles. The van der Waals surface area contributed by atoms with Crippen molar-refractivity contribution >= 4 is 21.8 Å². The quantitative estimate of drug-likeness (QED) is 0.539. The first-order valence-corrected chi connectivity index (χ1v) is 9.12. The van der Waals surface area contributed by atoms with Crippen LogP contribution in [0.3, 0.4) is 0 Å². The predicted octanol–water partition coefficient (Wildman–Crippen LogP) is 5.45. The molecule has 0 fully saturated rings. The Morgan fingerprint density at radius 1 is 1.12 bits per heavy atom. The van der Waals surface area contributed by atoms with E-state index in [9.17, 15) is 4.79 Å². The summed E-state index contributed by atoms with van der Waals surface area (Å²) in [5, 5.41) is 0. The smallest absolute Gasteiger partial charge is 0.254 e. The van der Waals surface area contributed by atoms with E-state index in [0.29, 0.717) is 12.2 Å². The summed E-state index contributed by atoms with van der Waals surface area (Å²) in [6.45, 7) is 2.38. The number of ether oxygens (including phenoxy) is 1. The van der Waals surface area contributed by atoms with Crippen molar-refractivity contribution in [3.05, 3.63) is 88.3 Å². The van der Waals surface area contributed by atoms with Crippen LogP contribution in [0, 0.1) is 0 Å². The van der Waals surface area contributed by atoms with Crippen molar-refractivity contribution in [2.24, 2.45) is 0 Å². The number of carbonyl (C=O) groups excluding carboxylic acids is 1. The maximum Gasteiger partial charge on any atom is 0.254 e. The Labute approximate surface area is 161 Å². The van der Waals surface area contributed by atoms with Crippen molar-refractivity contribution in [1.82, 2.24) is 4.90 Å². The molecule has 1 heterocycles. The fourth-order valence-electron chi connectivity index (χ4n) is 2.57. The van der Waals surface area contributed by atoms with Gasteiger partial charge in [-0.1, -0.05) is 24.3 Å². The van der Waals surface area contributed by atoms with E-state index in [0.717, 1.165) is 21.5 Å². The molecule has 0 aliphatic carbocycles. The molecule has 0 saturated heterocycles. The summed E-state index contributed by atoms with van der Waals surface area (Å²) in [6, 6.07) is 18.8. The molecule has 134 valence electrons. The fourth-order valence-corrected chi connectivity index (χ4v) is 2.97. The van der Waals surface area contributed by atoms with Gasteiger partial charge < -0.3 is 14.1 Å². The van der Waals surface area contributed by atoms with Crippen LogP contribution in [0.2, 0.25) is 0 Å². The highest BCUT2D eigenvalue weighted by Crippen LogP contribution is 2.25. The van der Waals surface area contributed by atoms with Crippen LogP contribution in [-0.2, 0) is 6.61 Å². The molecule has 0 spiro atoms. The Kier molecular flexibility index (Phi) is 5.78. The molecule has 0 aliphatic rings. The predicted molar refractivity (Wildman–Crippen MR) is 104 cm³/mol. The monoisotopic (exact) mass is 413 g/mol. The minimum Gasteiger partial charge on any atom is -0.488 e. The van der Waals surface area contributed by atoms with Crippen molar-refractivity contribution in [3.63, 3.8) is 0 Å². The lowest BCUT2D eigenvalue weighted by Crippen LogP contribution is -2.29. The van der Waals surface area contributed by atoms with Gasteiger partial charge in [0.05, 0.1) is 16.8 Å². The number of carbonyl (C=O) groups is 1. The average Bonchev–Trinajstić information content (AvgIpc) is 3.21. The highest BCUT2D eigenvalue weighted by atomic mass is 79.9. The van der Waals surface area contributed by atoms with Gasteiger partial charge in [0.1, 0.15) is 18.1 Å². The second-order valence-corrected chi connectivity index (χ2v) is 6.88. The Balaban J connectivity index is 1.63. The average molecular weight is 414 g/mol. The lowest BCUT2D eigenvalue weighted by atomic mass is 10.1. The zero-order valence-electron chi connectivity index (χ0n) is 14.7. The molecule has 2 aromatic carbocycles. The maximum absolute atomic E-state index is 12.7. The van der Waals surface area contributed by atoms with Gasteiger partial charge in [-0.15, -0.1) is 0 Å². The van der Waals surface area contributed by atoms with E-state index in [1.165, 1.54) is 0 Å². The highest BCUT2D eigenvalue weighted by molar-refractivity contribution is 9.10. The van der Waals surface area contributed by atoms with E-state index in [1.54, 1.807) is 18.2 Å². The first-order valence-electron chi connectivity index (χ1n) is 8.33. The number of halogens is 1. The second-order valence-electron chi connectivity index (χ2n) is 6.02. The van der Waals surface area contributed by atoms with Crippen LogP contribution in [0.1, 0.15) is 34.6 Å². The molecule has 1 amide bonds. The fraction of sp³-hybridized carbons (Fsp3) is 0.190. The molecular formula is C21H20BrNO3. The number of furan rings is 1. The molecule has 5 heteroatoms. The Morgan fingerprint density at radius 2 is 1.85 bits per heavy atom. The number of benzene rings is 2. The maximum atomic E-state index is 12.7. The zero-order chi connectivity index (χ0) is 18.5. The molecule has 0 radical (unpaired) electrons. The zero-order valence-corrected chi connectivity index (χ0v) is 16.3. The Morgan fingerprint density at radius 3 is 2.50 bits per heavy atom. The van der Waals surface area contributed by atoms with Crippen molar-refractivity contribution in [1.29, 1.82) is 0 Å². The van der Waals surface area contributed by atoms with E-state index in [2.05, 4.69) is 15.9 Å². The molecule has 3 rings (SSSR count). The van der Waals surface area contributed by atoms with Crippen LogP contribution in [-0.4, -0.2) is 17.9 Å². The first kappa shape index (κ1) is 18.3. The molecule has 0 N–H and O–H groups in total. The summed E-state index contributed by atoms with van der Waals surface area (Å²) in [5.41, 5.74) is 1.63. The molecule has 0 saturated carbocycles. The van der Waals surface area contributed by atoms with E-state index in [-0.39, 0.29) is 11.9 Å². The van der Waals surface area contributed by atoms with Crippen LogP contribution in [0.5, 0.6) is 5.75 Å². The van der Waals surface area contributed by atoms with Crippen LogP contribution in [0.15, 0.2) is 75.8 Å². The summed E-state index contributed by atoms with van der Waals surface area (Å²) >= 11 is 3.46. The Hall–Kier alpha value is -2.53. The van der Waals surface area contributed by atoms with Crippen molar-refractivity contribution in [2.75, 3.05) is 7.05 Å². The summed E-state index contributed by atoms with van der Waals surface area (Å²) in [5.74, 6) is 1.51. The normalized spacial score (nSPS) is 11.8. The van der Waals surface area contributed by atoms with Gasteiger partial charge >= 0.3 is 0 Å². The van der Waals surface area contributed by atoms with Gasteiger partial charge in [-0.05, 0) is 64.8 Å². The van der Waals surface area contributed by atoms with Crippen molar-refractivity contribution < 1.29 is 13.9 Å². The summed E-state index contributed by atoms with van der Waals surface area (Å²) in [7, 11) is 1.78. The minimum absolute atomic E-state index is 0.0489. The molecule has 1 unspecified atom stereocenters. The van der Waals surface area contributed by atoms with Gasteiger partial charge in [0.15, 0.2) is 0 Å². The standard InChI is InChI=1S/C21H20BrNO3/c1-15(19-8-5-13-25-19)23(2)21(24)17-11-9-16(10-12-17)14-26-20-7-4-3-6-18(20)22/h3-13,15H,14H2,1-2H3. The van der Waals surface area contributed by atoms with Crippen LogP contribution in [0.4, 0.5) is 0 Å². The van der Waals surface area contributed by atoms with E-state index < -0.39 is 0 Å². The van der Waals surface area contributed by atoms with Crippen LogP contribution >= 0.6 is 15.9 Å². The van der Waals surface area contributed by atoms with Crippen molar-refractivity contribution in [3.8, 4) is 5.75 Å². The van der Waals surface area contributed by atoms with Crippen LogP contribution < -0.4 is 4.74 Å². The largest absolute Gasteiger partial charge is 0.488 e. The molecule has 4 nitrogen and oxygen atoms in total.